The highest BCUT2D eigenvalue weighted by molar-refractivity contribution is 6.22. The molecule has 4 atom stereocenters. The van der Waals surface area contributed by atoms with Gasteiger partial charge >= 0.3 is 11.9 Å². The Hall–Kier alpha value is -4.27. The molecule has 3 aliphatic rings. The molecule has 9 nitrogen and oxygen atoms in total. The van der Waals surface area contributed by atoms with Crippen molar-refractivity contribution in [3.05, 3.63) is 71.8 Å². The standard InChI is InChI=1S/C29H28N2O7/c1-2-3-14-37-28(35)17-6-10-21(11-7-17)30-23(32)16-38-29(36)18-8-12-22(13-9-18)31-26(33)24-19-4-5-20(15-19)25(24)27(31)34/h4-13,19-20,24-25H,2-3,14-16H2,1H3,(H,30,32)/t19-,20-,24+,25+/m0/s1. The fourth-order valence-electron chi connectivity index (χ4n) is 5.40. The minimum Gasteiger partial charge on any atom is -0.462 e. The van der Waals surface area contributed by atoms with Crippen molar-refractivity contribution in [2.45, 2.75) is 26.2 Å². The predicted molar refractivity (Wildman–Crippen MR) is 137 cm³/mol. The summed E-state index contributed by atoms with van der Waals surface area (Å²) in [6.07, 6.45) is 6.65. The largest absolute Gasteiger partial charge is 0.462 e. The van der Waals surface area contributed by atoms with E-state index in [1.807, 2.05) is 19.1 Å². The molecule has 5 rings (SSSR count). The number of anilines is 2. The van der Waals surface area contributed by atoms with Crippen LogP contribution in [0, 0.1) is 23.7 Å². The summed E-state index contributed by atoms with van der Waals surface area (Å²) in [7, 11) is 0. The molecule has 196 valence electrons. The van der Waals surface area contributed by atoms with E-state index in [9.17, 15) is 24.0 Å². The zero-order valence-corrected chi connectivity index (χ0v) is 20.9. The third-order valence-corrected chi connectivity index (χ3v) is 7.30. The predicted octanol–water partition coefficient (Wildman–Crippen LogP) is 3.75. The van der Waals surface area contributed by atoms with Crippen molar-refractivity contribution >= 4 is 41.0 Å². The van der Waals surface area contributed by atoms with E-state index < -0.39 is 24.5 Å². The fourth-order valence-corrected chi connectivity index (χ4v) is 5.40. The van der Waals surface area contributed by atoms with Crippen molar-refractivity contribution in [2.75, 3.05) is 23.4 Å². The number of ether oxygens (including phenoxy) is 2. The Morgan fingerprint density at radius 2 is 1.39 bits per heavy atom. The summed E-state index contributed by atoms with van der Waals surface area (Å²) in [6.45, 7) is 1.85. The van der Waals surface area contributed by atoms with Crippen LogP contribution in [0.4, 0.5) is 11.4 Å². The normalized spacial score (nSPS) is 22.9. The molecule has 2 fully saturated rings. The van der Waals surface area contributed by atoms with Gasteiger partial charge in [-0.15, -0.1) is 0 Å². The number of unbranched alkanes of at least 4 members (excludes halogenated alkanes) is 1. The highest BCUT2D eigenvalue weighted by Gasteiger charge is 2.59. The van der Waals surface area contributed by atoms with Gasteiger partial charge in [0, 0.05) is 5.69 Å². The molecule has 0 unspecified atom stereocenters. The zero-order chi connectivity index (χ0) is 26.8. The van der Waals surface area contributed by atoms with Crippen molar-refractivity contribution < 1.29 is 33.4 Å². The van der Waals surface area contributed by atoms with E-state index in [-0.39, 0.29) is 41.0 Å². The molecule has 2 aliphatic carbocycles. The second kappa shape index (κ2) is 10.6. The molecule has 2 bridgehead atoms. The van der Waals surface area contributed by atoms with E-state index in [0.717, 1.165) is 19.3 Å². The van der Waals surface area contributed by atoms with E-state index in [1.165, 1.54) is 29.2 Å². The molecule has 1 saturated heterocycles. The lowest BCUT2D eigenvalue weighted by Gasteiger charge is -2.17. The van der Waals surface area contributed by atoms with Crippen LogP contribution in [0.2, 0.25) is 0 Å². The minimum absolute atomic E-state index is 0.122. The maximum atomic E-state index is 13.0. The number of carbonyl (C=O) groups excluding carboxylic acids is 5. The number of carbonyl (C=O) groups is 5. The Morgan fingerprint density at radius 1 is 0.842 bits per heavy atom. The van der Waals surface area contributed by atoms with E-state index in [0.29, 0.717) is 23.5 Å². The van der Waals surface area contributed by atoms with Crippen LogP contribution < -0.4 is 10.2 Å². The lowest BCUT2D eigenvalue weighted by molar-refractivity contribution is -0.123. The number of benzene rings is 2. The van der Waals surface area contributed by atoms with Gasteiger partial charge in [-0.1, -0.05) is 25.5 Å². The molecule has 1 saturated carbocycles. The van der Waals surface area contributed by atoms with Crippen molar-refractivity contribution in [2.24, 2.45) is 23.7 Å². The number of esters is 2. The molecule has 38 heavy (non-hydrogen) atoms. The number of rotatable bonds is 9. The lowest BCUT2D eigenvalue weighted by Crippen LogP contribution is -2.32. The number of amides is 3. The van der Waals surface area contributed by atoms with Crippen LogP contribution in [0.3, 0.4) is 0 Å². The fraction of sp³-hybridized carbons (Fsp3) is 0.345. The van der Waals surface area contributed by atoms with Gasteiger partial charge in [-0.3, -0.25) is 19.3 Å². The second-order valence-corrected chi connectivity index (χ2v) is 9.75. The SMILES string of the molecule is CCCCOC(=O)c1ccc(NC(=O)COC(=O)c2ccc(N3C(=O)[C@H]4[C@H](C3=O)[C@H]3C=C[C@H]4C3)cc2)cc1. The molecule has 0 spiro atoms. The topological polar surface area (TPSA) is 119 Å². The van der Waals surface area contributed by atoms with Gasteiger partial charge in [-0.25, -0.2) is 9.59 Å². The van der Waals surface area contributed by atoms with Gasteiger partial charge in [0.1, 0.15) is 0 Å². The van der Waals surface area contributed by atoms with Gasteiger partial charge in [-0.05, 0) is 73.2 Å². The molecule has 1 N–H and O–H groups in total. The van der Waals surface area contributed by atoms with Gasteiger partial charge in [0.15, 0.2) is 6.61 Å². The average Bonchev–Trinajstić information content (AvgIpc) is 3.61. The molecule has 9 heteroatoms. The first kappa shape index (κ1) is 25.4. The molecule has 0 radical (unpaired) electrons. The van der Waals surface area contributed by atoms with Crippen molar-refractivity contribution in [1.82, 2.24) is 0 Å². The van der Waals surface area contributed by atoms with Crippen LogP contribution >= 0.6 is 0 Å². The quantitative estimate of drug-likeness (QED) is 0.233. The summed E-state index contributed by atoms with van der Waals surface area (Å²) in [6, 6.07) is 12.2. The lowest BCUT2D eigenvalue weighted by atomic mass is 9.85. The van der Waals surface area contributed by atoms with Crippen LogP contribution in [0.5, 0.6) is 0 Å². The molecule has 1 aliphatic heterocycles. The molecule has 0 aromatic heterocycles. The summed E-state index contributed by atoms with van der Waals surface area (Å²) in [4.78, 5) is 63.8. The Bertz CT molecular complexity index is 1270. The highest BCUT2D eigenvalue weighted by atomic mass is 16.5. The summed E-state index contributed by atoms with van der Waals surface area (Å²) < 4.78 is 10.3. The molecular weight excluding hydrogens is 488 g/mol. The first-order chi connectivity index (χ1) is 18.4. The van der Waals surface area contributed by atoms with Crippen LogP contribution in [0.15, 0.2) is 60.7 Å². The molecule has 2 aromatic rings. The smallest absolute Gasteiger partial charge is 0.338 e. The minimum atomic E-state index is -0.713. The molecule has 2 aromatic carbocycles. The number of allylic oxidation sites excluding steroid dienone is 2. The maximum Gasteiger partial charge on any atom is 0.338 e. The second-order valence-electron chi connectivity index (χ2n) is 9.75. The van der Waals surface area contributed by atoms with Gasteiger partial charge in [0.05, 0.1) is 35.3 Å². The molecule has 1 heterocycles. The van der Waals surface area contributed by atoms with Gasteiger partial charge in [0.25, 0.3) is 5.91 Å². The summed E-state index contributed by atoms with van der Waals surface area (Å²) in [5.74, 6) is -2.41. The Labute approximate surface area is 219 Å². The third-order valence-electron chi connectivity index (χ3n) is 7.30. The first-order valence-electron chi connectivity index (χ1n) is 12.8. The zero-order valence-electron chi connectivity index (χ0n) is 20.9. The number of imide groups is 1. The summed E-state index contributed by atoms with van der Waals surface area (Å²) >= 11 is 0. The number of hydrogen-bond donors (Lipinski definition) is 1. The van der Waals surface area contributed by atoms with E-state index in [4.69, 9.17) is 9.47 Å². The van der Waals surface area contributed by atoms with Crippen LogP contribution in [0.1, 0.15) is 46.9 Å². The van der Waals surface area contributed by atoms with E-state index in [2.05, 4.69) is 5.32 Å². The van der Waals surface area contributed by atoms with Crippen molar-refractivity contribution in [1.29, 1.82) is 0 Å². The first-order valence-corrected chi connectivity index (χ1v) is 12.8. The van der Waals surface area contributed by atoms with Gasteiger partial charge < -0.3 is 14.8 Å². The van der Waals surface area contributed by atoms with E-state index >= 15 is 0 Å². The van der Waals surface area contributed by atoms with Crippen molar-refractivity contribution in [3.63, 3.8) is 0 Å². The van der Waals surface area contributed by atoms with Crippen molar-refractivity contribution in [3.8, 4) is 0 Å². The Kier molecular flexibility index (Phi) is 7.09. The average molecular weight is 517 g/mol. The number of hydrogen-bond acceptors (Lipinski definition) is 7. The van der Waals surface area contributed by atoms with Crippen LogP contribution in [-0.2, 0) is 23.9 Å². The van der Waals surface area contributed by atoms with E-state index in [1.54, 1.807) is 24.3 Å². The molecular formula is C29H28N2O7. The summed E-state index contributed by atoms with van der Waals surface area (Å²) in [5, 5.41) is 2.60. The number of nitrogens with zero attached hydrogens (tertiary/aromatic N) is 1. The highest BCUT2D eigenvalue weighted by Crippen LogP contribution is 2.53. The maximum absolute atomic E-state index is 13.0. The van der Waals surface area contributed by atoms with Crippen LogP contribution in [0.25, 0.3) is 0 Å². The number of fused-ring (bicyclic) bond motifs is 5. The van der Waals surface area contributed by atoms with Gasteiger partial charge in [0.2, 0.25) is 11.8 Å². The molecule has 3 amide bonds. The Morgan fingerprint density at radius 3 is 1.97 bits per heavy atom. The van der Waals surface area contributed by atoms with Gasteiger partial charge in [-0.2, -0.15) is 0 Å². The summed E-state index contributed by atoms with van der Waals surface area (Å²) in [5.41, 5.74) is 1.42. The monoisotopic (exact) mass is 516 g/mol. The van der Waals surface area contributed by atoms with Crippen LogP contribution in [-0.4, -0.2) is 42.9 Å². The number of nitrogens with one attached hydrogen (secondary N) is 1. The third kappa shape index (κ3) is 4.83. The Balaban J connectivity index is 1.11.